The number of hydrogen-bond donors (Lipinski definition) is 2. The molecule has 5 heteroatoms. The van der Waals surface area contributed by atoms with Gasteiger partial charge in [-0.1, -0.05) is 25.2 Å². The van der Waals surface area contributed by atoms with E-state index in [1.807, 2.05) is 5.92 Å². The fourth-order valence-corrected chi connectivity index (χ4v) is 2.25. The number of terminal acetylenes is 1. The molecule has 4 nitrogen and oxygen atoms in total. The Labute approximate surface area is 119 Å². The van der Waals surface area contributed by atoms with Gasteiger partial charge >= 0.3 is 0 Å². The Hall–Kier alpha value is -2.45. The van der Waals surface area contributed by atoms with Crippen LogP contribution in [0.3, 0.4) is 0 Å². The summed E-state index contributed by atoms with van der Waals surface area (Å²) in [6, 6.07) is 0. The highest BCUT2D eigenvalue weighted by Gasteiger charge is 2.19. The first-order valence-corrected chi connectivity index (χ1v) is 6.92. The normalized spacial score (nSPS) is 14.1. The SMILES string of the molecule is C#C/C(=C\C=C(/C)O)S(=O)(=O)C(/C=C\C(=C)O)=C/C=C. The zero-order chi connectivity index (χ0) is 15.8. The number of rotatable bonds is 6. The third kappa shape index (κ3) is 5.46. The summed E-state index contributed by atoms with van der Waals surface area (Å²) >= 11 is 0. The Bertz CT molecular complexity index is 646. The van der Waals surface area contributed by atoms with Crippen LogP contribution in [0, 0.1) is 12.3 Å². The quantitative estimate of drug-likeness (QED) is 0.448. The van der Waals surface area contributed by atoms with Crippen LogP contribution in [0.25, 0.3) is 0 Å². The minimum atomic E-state index is -3.95. The van der Waals surface area contributed by atoms with Crippen LogP contribution in [-0.4, -0.2) is 18.6 Å². The molecular weight excluding hydrogens is 276 g/mol. The molecule has 0 rings (SSSR count). The second-order valence-corrected chi connectivity index (χ2v) is 5.53. The Balaban J connectivity index is 5.90. The fraction of sp³-hybridized carbons (Fsp3) is 0.0667. The van der Waals surface area contributed by atoms with Gasteiger partial charge in [0, 0.05) is 0 Å². The van der Waals surface area contributed by atoms with E-state index in [9.17, 15) is 8.42 Å². The van der Waals surface area contributed by atoms with Crippen molar-refractivity contribution in [2.75, 3.05) is 0 Å². The summed E-state index contributed by atoms with van der Waals surface area (Å²) in [6.07, 6.45) is 12.3. The number of allylic oxidation sites excluding steroid dienone is 8. The van der Waals surface area contributed by atoms with Gasteiger partial charge in [-0.05, 0) is 37.3 Å². The van der Waals surface area contributed by atoms with Crippen LogP contribution in [0.1, 0.15) is 6.92 Å². The average Bonchev–Trinajstić information content (AvgIpc) is 2.34. The van der Waals surface area contributed by atoms with Crippen molar-refractivity contribution in [1.29, 1.82) is 0 Å². The van der Waals surface area contributed by atoms with Gasteiger partial charge in [0.1, 0.15) is 10.7 Å². The molecule has 0 aromatic rings. The molecule has 0 fully saturated rings. The summed E-state index contributed by atoms with van der Waals surface area (Å²) in [5.41, 5.74) is 0. The van der Waals surface area contributed by atoms with E-state index in [4.69, 9.17) is 16.6 Å². The van der Waals surface area contributed by atoms with Gasteiger partial charge in [-0.2, -0.15) is 0 Å². The van der Waals surface area contributed by atoms with E-state index < -0.39 is 9.84 Å². The van der Waals surface area contributed by atoms with Crippen LogP contribution in [0.4, 0.5) is 0 Å². The molecule has 2 N–H and O–H groups in total. The minimum Gasteiger partial charge on any atom is -0.513 e. The molecule has 0 aliphatic heterocycles. The molecule has 0 saturated heterocycles. The molecule has 0 heterocycles. The maximum atomic E-state index is 12.3. The molecule has 0 unspecified atom stereocenters. The average molecular weight is 292 g/mol. The zero-order valence-corrected chi connectivity index (χ0v) is 11.9. The van der Waals surface area contributed by atoms with E-state index in [0.29, 0.717) is 0 Å². The van der Waals surface area contributed by atoms with Crippen molar-refractivity contribution in [3.05, 3.63) is 70.9 Å². The van der Waals surface area contributed by atoms with Crippen LogP contribution in [-0.2, 0) is 9.84 Å². The summed E-state index contributed by atoms with van der Waals surface area (Å²) in [6.45, 7) is 8.02. The summed E-state index contributed by atoms with van der Waals surface area (Å²) < 4.78 is 24.6. The van der Waals surface area contributed by atoms with E-state index >= 15 is 0 Å². The van der Waals surface area contributed by atoms with Crippen molar-refractivity contribution >= 4 is 9.84 Å². The van der Waals surface area contributed by atoms with Crippen molar-refractivity contribution in [2.24, 2.45) is 0 Å². The predicted molar refractivity (Wildman–Crippen MR) is 81.4 cm³/mol. The molecule has 0 spiro atoms. The summed E-state index contributed by atoms with van der Waals surface area (Å²) in [5.74, 6) is 1.67. The number of aliphatic hydroxyl groups excluding tert-OH is 2. The molecule has 0 aromatic heterocycles. The molecule has 0 atom stereocenters. The van der Waals surface area contributed by atoms with Gasteiger partial charge in [0.15, 0.2) is 0 Å². The van der Waals surface area contributed by atoms with Gasteiger partial charge in [0.05, 0.1) is 10.7 Å². The molecular formula is C15H16O4S. The molecule has 106 valence electrons. The molecule has 0 aliphatic carbocycles. The van der Waals surface area contributed by atoms with E-state index in [2.05, 4.69) is 13.2 Å². The summed E-state index contributed by atoms with van der Waals surface area (Å²) in [4.78, 5) is -0.483. The third-order valence-electron chi connectivity index (χ3n) is 1.94. The maximum Gasteiger partial charge on any atom is 0.214 e. The van der Waals surface area contributed by atoms with Crippen molar-refractivity contribution in [2.45, 2.75) is 6.92 Å². The van der Waals surface area contributed by atoms with Gasteiger partial charge in [0.2, 0.25) is 9.84 Å². The van der Waals surface area contributed by atoms with Crippen molar-refractivity contribution in [3.8, 4) is 12.3 Å². The largest absolute Gasteiger partial charge is 0.513 e. The van der Waals surface area contributed by atoms with Crippen LogP contribution >= 0.6 is 0 Å². The molecule has 0 amide bonds. The highest BCUT2D eigenvalue weighted by atomic mass is 32.2. The first-order valence-electron chi connectivity index (χ1n) is 5.43. The van der Waals surface area contributed by atoms with Crippen LogP contribution in [0.5, 0.6) is 0 Å². The lowest BCUT2D eigenvalue weighted by Crippen LogP contribution is -2.05. The highest BCUT2D eigenvalue weighted by Crippen LogP contribution is 2.19. The van der Waals surface area contributed by atoms with Crippen LogP contribution in [0.2, 0.25) is 0 Å². The fourth-order valence-electron chi connectivity index (χ4n) is 1.07. The first kappa shape index (κ1) is 17.6. The Kier molecular flexibility index (Phi) is 6.91. The summed E-state index contributed by atoms with van der Waals surface area (Å²) in [5, 5.41) is 18.0. The number of sulfone groups is 1. The Morgan fingerprint density at radius 3 is 2.20 bits per heavy atom. The summed E-state index contributed by atoms with van der Waals surface area (Å²) in [7, 11) is -3.95. The van der Waals surface area contributed by atoms with Crippen molar-refractivity contribution in [3.63, 3.8) is 0 Å². The van der Waals surface area contributed by atoms with E-state index in [1.165, 1.54) is 25.2 Å². The maximum absolute atomic E-state index is 12.3. The number of hydrogen-bond acceptors (Lipinski definition) is 4. The second-order valence-electron chi connectivity index (χ2n) is 3.62. The first-order chi connectivity index (χ1) is 9.25. The van der Waals surface area contributed by atoms with Gasteiger partial charge in [-0.25, -0.2) is 8.42 Å². The van der Waals surface area contributed by atoms with E-state index in [1.54, 1.807) is 0 Å². The Morgan fingerprint density at radius 1 is 1.20 bits per heavy atom. The third-order valence-corrected chi connectivity index (χ3v) is 3.67. The van der Waals surface area contributed by atoms with E-state index in [-0.39, 0.29) is 21.3 Å². The van der Waals surface area contributed by atoms with Gasteiger partial charge in [0.25, 0.3) is 0 Å². The molecule has 20 heavy (non-hydrogen) atoms. The van der Waals surface area contributed by atoms with Crippen LogP contribution in [0.15, 0.2) is 70.9 Å². The molecule has 0 aliphatic rings. The van der Waals surface area contributed by atoms with Gasteiger partial charge < -0.3 is 10.2 Å². The van der Waals surface area contributed by atoms with E-state index in [0.717, 1.165) is 18.2 Å². The molecule has 0 radical (unpaired) electrons. The molecule has 0 saturated carbocycles. The standard InChI is InChI=1S/C15H16O4S/c1-5-7-15(11-9-13(4)17)20(18,19)14(6-2)10-8-12(3)16/h2,5,7-11,16-17H,1,4H2,3H3/b11-9-,12-8+,14-10+,15-7+. The lowest BCUT2D eigenvalue weighted by molar-refractivity contribution is 0.414. The van der Waals surface area contributed by atoms with Crippen molar-refractivity contribution in [1.82, 2.24) is 0 Å². The van der Waals surface area contributed by atoms with Crippen LogP contribution < -0.4 is 0 Å². The Morgan fingerprint density at radius 2 is 1.80 bits per heavy atom. The lowest BCUT2D eigenvalue weighted by Gasteiger charge is -2.04. The molecule has 0 aromatic carbocycles. The topological polar surface area (TPSA) is 74.6 Å². The monoisotopic (exact) mass is 292 g/mol. The highest BCUT2D eigenvalue weighted by molar-refractivity contribution is 7.99. The molecule has 0 bridgehead atoms. The zero-order valence-electron chi connectivity index (χ0n) is 11.1. The minimum absolute atomic E-state index is 0.0820. The van der Waals surface area contributed by atoms with Gasteiger partial charge in [-0.3, -0.25) is 0 Å². The van der Waals surface area contributed by atoms with Crippen molar-refractivity contribution < 1.29 is 18.6 Å². The lowest BCUT2D eigenvalue weighted by atomic mass is 10.4. The predicted octanol–water partition coefficient (Wildman–Crippen LogP) is 3.08. The van der Waals surface area contributed by atoms with Gasteiger partial charge in [-0.15, -0.1) is 6.42 Å². The number of aliphatic hydroxyl groups is 2. The second kappa shape index (κ2) is 7.87. The smallest absolute Gasteiger partial charge is 0.214 e.